The Morgan fingerprint density at radius 3 is 1.93 bits per heavy atom. The van der Waals surface area contributed by atoms with E-state index in [0.29, 0.717) is 29.4 Å². The maximum absolute atomic E-state index is 11.1. The van der Waals surface area contributed by atoms with Gasteiger partial charge in [-0.25, -0.2) is 9.97 Å². The summed E-state index contributed by atoms with van der Waals surface area (Å²) in [4.78, 5) is 9.87. The van der Waals surface area contributed by atoms with Crippen LogP contribution in [-0.2, 0) is 4.74 Å². The number of phenols is 1. The van der Waals surface area contributed by atoms with E-state index in [1.807, 2.05) is 6.07 Å². The number of ether oxygens (including phenoxy) is 2. The van der Waals surface area contributed by atoms with E-state index in [2.05, 4.69) is 71.0 Å². The van der Waals surface area contributed by atoms with E-state index in [-0.39, 0.29) is 19.0 Å². The van der Waals surface area contributed by atoms with Crippen LogP contribution in [0.15, 0.2) is 60.7 Å². The number of hydrogen-bond acceptors (Lipinski definition) is 6. The molecule has 228 valence electrons. The van der Waals surface area contributed by atoms with Crippen LogP contribution in [-0.4, -0.2) is 46.1 Å². The monoisotopic (exact) mass is 582 g/mol. The number of hydrogen-bond donors (Lipinski definition) is 2. The van der Waals surface area contributed by atoms with Crippen molar-refractivity contribution in [2.75, 3.05) is 19.8 Å². The van der Waals surface area contributed by atoms with Crippen LogP contribution in [0.25, 0.3) is 33.9 Å². The van der Waals surface area contributed by atoms with Gasteiger partial charge in [-0.3, -0.25) is 0 Å². The molecule has 0 aliphatic rings. The van der Waals surface area contributed by atoms with Gasteiger partial charge >= 0.3 is 0 Å². The second kappa shape index (κ2) is 15.6. The van der Waals surface area contributed by atoms with Crippen molar-refractivity contribution >= 4 is 0 Å². The molecule has 0 saturated carbocycles. The molecule has 6 heteroatoms. The Morgan fingerprint density at radius 1 is 0.674 bits per heavy atom. The zero-order valence-corrected chi connectivity index (χ0v) is 26.3. The first-order valence-electron chi connectivity index (χ1n) is 15.5. The highest BCUT2D eigenvalue weighted by Crippen LogP contribution is 2.36. The standard InChI is InChI=1S/C37H46N2O4/c1-6-7-8-9-10-11-18-42-23-29(40)24-43-30-14-17-33(36(41)21-30)35-22-34(31-15-12-25(2)19-27(31)4)38-37(39-35)32-16-13-26(3)20-28(32)5/h12-17,19-22,29,40-41H,6-11,18,23-24H2,1-5H3. The van der Waals surface area contributed by atoms with Crippen LogP contribution < -0.4 is 4.74 Å². The van der Waals surface area contributed by atoms with Crippen molar-refractivity contribution in [2.45, 2.75) is 79.2 Å². The molecule has 0 aliphatic carbocycles. The fraction of sp³-hybridized carbons (Fsp3) is 0.405. The van der Waals surface area contributed by atoms with Gasteiger partial charge in [0.2, 0.25) is 0 Å². The Labute approximate surface area is 256 Å². The first-order chi connectivity index (χ1) is 20.7. The summed E-state index contributed by atoms with van der Waals surface area (Å²) in [5.41, 5.74) is 8.54. The predicted octanol–water partition coefficient (Wildman–Crippen LogP) is 8.53. The molecule has 2 N–H and O–H groups in total. The Balaban J connectivity index is 1.49. The molecule has 4 rings (SSSR count). The molecule has 0 bridgehead atoms. The van der Waals surface area contributed by atoms with Gasteiger partial charge in [-0.1, -0.05) is 86.6 Å². The van der Waals surface area contributed by atoms with Gasteiger partial charge in [-0.05, 0) is 63.4 Å². The molecular formula is C37H46N2O4. The van der Waals surface area contributed by atoms with Gasteiger partial charge in [0.25, 0.3) is 0 Å². The van der Waals surface area contributed by atoms with Gasteiger partial charge in [0.05, 0.1) is 18.0 Å². The van der Waals surface area contributed by atoms with E-state index < -0.39 is 6.10 Å². The van der Waals surface area contributed by atoms with Crippen molar-refractivity contribution in [3.8, 4) is 45.4 Å². The van der Waals surface area contributed by atoms with Crippen molar-refractivity contribution in [2.24, 2.45) is 0 Å². The molecule has 0 radical (unpaired) electrons. The third-order valence-electron chi connectivity index (χ3n) is 7.65. The summed E-state index contributed by atoms with van der Waals surface area (Å²) in [5, 5.41) is 21.4. The summed E-state index contributed by atoms with van der Waals surface area (Å²) in [5.74, 6) is 1.12. The van der Waals surface area contributed by atoms with Gasteiger partial charge in [0.1, 0.15) is 24.2 Å². The number of aliphatic hydroxyl groups is 1. The maximum atomic E-state index is 11.1. The van der Waals surface area contributed by atoms with Crippen LogP contribution in [0.5, 0.6) is 11.5 Å². The molecule has 6 nitrogen and oxygen atoms in total. The van der Waals surface area contributed by atoms with Crippen LogP contribution in [0.3, 0.4) is 0 Å². The molecule has 43 heavy (non-hydrogen) atoms. The quantitative estimate of drug-likeness (QED) is 0.137. The van der Waals surface area contributed by atoms with E-state index >= 15 is 0 Å². The first kappa shape index (κ1) is 32.2. The van der Waals surface area contributed by atoms with Gasteiger partial charge < -0.3 is 19.7 Å². The number of rotatable bonds is 15. The number of unbranched alkanes of at least 4 members (excludes halogenated alkanes) is 5. The minimum absolute atomic E-state index is 0.0446. The first-order valence-corrected chi connectivity index (χ1v) is 15.5. The summed E-state index contributed by atoms with van der Waals surface area (Å²) < 4.78 is 11.4. The molecule has 3 aromatic carbocycles. The summed E-state index contributed by atoms with van der Waals surface area (Å²) >= 11 is 0. The number of phenolic OH excluding ortho intramolecular Hbond substituents is 1. The van der Waals surface area contributed by atoms with Gasteiger partial charge in [0, 0.05) is 29.4 Å². The predicted molar refractivity (Wildman–Crippen MR) is 175 cm³/mol. The minimum atomic E-state index is -0.746. The second-order valence-electron chi connectivity index (χ2n) is 11.6. The number of aryl methyl sites for hydroxylation is 4. The molecule has 0 fully saturated rings. The van der Waals surface area contributed by atoms with Gasteiger partial charge in [0.15, 0.2) is 5.82 Å². The number of aromatic nitrogens is 2. The van der Waals surface area contributed by atoms with Crippen LogP contribution in [0.1, 0.15) is 67.7 Å². The lowest BCUT2D eigenvalue weighted by Gasteiger charge is -2.15. The average Bonchev–Trinajstić information content (AvgIpc) is 2.97. The van der Waals surface area contributed by atoms with Crippen molar-refractivity contribution < 1.29 is 19.7 Å². The fourth-order valence-electron chi connectivity index (χ4n) is 5.27. The van der Waals surface area contributed by atoms with E-state index in [4.69, 9.17) is 19.4 Å². The molecule has 1 aromatic heterocycles. The largest absolute Gasteiger partial charge is 0.507 e. The molecule has 1 atom stereocenters. The second-order valence-corrected chi connectivity index (χ2v) is 11.6. The lowest BCUT2D eigenvalue weighted by Crippen LogP contribution is -2.23. The van der Waals surface area contributed by atoms with Crippen molar-refractivity contribution in [1.29, 1.82) is 0 Å². The Bertz CT molecular complexity index is 1430. The molecule has 1 unspecified atom stereocenters. The number of benzene rings is 3. The average molecular weight is 583 g/mol. The van der Waals surface area contributed by atoms with E-state index in [1.165, 1.54) is 36.8 Å². The fourth-order valence-corrected chi connectivity index (χ4v) is 5.27. The number of aliphatic hydroxyl groups excluding tert-OH is 1. The topological polar surface area (TPSA) is 84.7 Å². The lowest BCUT2D eigenvalue weighted by atomic mass is 10.00. The molecule has 4 aromatic rings. The molecule has 0 spiro atoms. The smallest absolute Gasteiger partial charge is 0.160 e. The Morgan fingerprint density at radius 2 is 1.28 bits per heavy atom. The highest BCUT2D eigenvalue weighted by molar-refractivity contribution is 5.76. The number of aromatic hydroxyl groups is 1. The molecule has 1 heterocycles. The van der Waals surface area contributed by atoms with Gasteiger partial charge in [-0.15, -0.1) is 0 Å². The van der Waals surface area contributed by atoms with E-state index in [0.717, 1.165) is 40.8 Å². The highest BCUT2D eigenvalue weighted by Gasteiger charge is 2.16. The summed E-state index contributed by atoms with van der Waals surface area (Å²) in [6.45, 7) is 11.5. The summed E-state index contributed by atoms with van der Waals surface area (Å²) in [7, 11) is 0. The van der Waals surface area contributed by atoms with Crippen molar-refractivity contribution in [1.82, 2.24) is 9.97 Å². The van der Waals surface area contributed by atoms with Crippen LogP contribution in [0.2, 0.25) is 0 Å². The van der Waals surface area contributed by atoms with Crippen molar-refractivity contribution in [3.63, 3.8) is 0 Å². The SMILES string of the molecule is CCCCCCCCOCC(O)COc1ccc(-c2cc(-c3ccc(C)cc3C)nc(-c3ccc(C)cc3C)n2)c(O)c1. The van der Waals surface area contributed by atoms with Crippen LogP contribution in [0.4, 0.5) is 0 Å². The molecule has 0 aliphatic heterocycles. The summed E-state index contributed by atoms with van der Waals surface area (Å²) in [6, 6.07) is 19.6. The highest BCUT2D eigenvalue weighted by atomic mass is 16.5. The number of nitrogens with zero attached hydrogens (tertiary/aromatic N) is 2. The normalized spacial score (nSPS) is 12.0. The van der Waals surface area contributed by atoms with E-state index in [9.17, 15) is 10.2 Å². The van der Waals surface area contributed by atoms with Crippen LogP contribution >= 0.6 is 0 Å². The Hall–Kier alpha value is -3.74. The third kappa shape index (κ3) is 9.12. The summed E-state index contributed by atoms with van der Waals surface area (Å²) in [6.07, 6.45) is 6.45. The minimum Gasteiger partial charge on any atom is -0.507 e. The zero-order chi connectivity index (χ0) is 30.8. The zero-order valence-electron chi connectivity index (χ0n) is 26.3. The van der Waals surface area contributed by atoms with E-state index in [1.54, 1.807) is 18.2 Å². The third-order valence-corrected chi connectivity index (χ3v) is 7.65. The van der Waals surface area contributed by atoms with Crippen molar-refractivity contribution in [3.05, 3.63) is 82.9 Å². The molecule has 0 saturated heterocycles. The lowest BCUT2D eigenvalue weighted by molar-refractivity contribution is 0.0109. The molecule has 0 amide bonds. The molecular weight excluding hydrogens is 536 g/mol. The van der Waals surface area contributed by atoms with Gasteiger partial charge in [-0.2, -0.15) is 0 Å². The Kier molecular flexibility index (Phi) is 11.7. The maximum Gasteiger partial charge on any atom is 0.160 e. The van der Waals surface area contributed by atoms with Crippen LogP contribution in [0, 0.1) is 27.7 Å².